The van der Waals surface area contributed by atoms with Crippen molar-refractivity contribution < 1.29 is 28.3 Å². The molecule has 0 N–H and O–H groups in total. The van der Waals surface area contributed by atoms with E-state index in [2.05, 4.69) is 10.1 Å². The van der Waals surface area contributed by atoms with Crippen LogP contribution in [-0.2, 0) is 27.3 Å². The normalized spacial score (nSPS) is 10.6. The zero-order chi connectivity index (χ0) is 22.9. The second kappa shape index (κ2) is 11.3. The summed E-state index contributed by atoms with van der Waals surface area (Å²) in [5.74, 6) is 1.53. The van der Waals surface area contributed by atoms with E-state index in [-0.39, 0.29) is 25.4 Å². The molecule has 9 nitrogen and oxygen atoms in total. The van der Waals surface area contributed by atoms with Gasteiger partial charge in [0.1, 0.15) is 18.0 Å². The van der Waals surface area contributed by atoms with Gasteiger partial charge < -0.3 is 23.6 Å². The minimum Gasteiger partial charge on any atom is -0.497 e. The van der Waals surface area contributed by atoms with Crippen molar-refractivity contribution in [3.05, 3.63) is 47.2 Å². The van der Waals surface area contributed by atoms with Crippen LogP contribution in [0.15, 0.2) is 40.2 Å². The lowest BCUT2D eigenvalue weighted by Crippen LogP contribution is -2.35. The Morgan fingerprint density at radius 1 is 1.12 bits per heavy atom. The summed E-state index contributed by atoms with van der Waals surface area (Å²) < 4.78 is 20.6. The smallest absolute Gasteiger partial charge is 0.325 e. The van der Waals surface area contributed by atoms with Gasteiger partial charge in [0.05, 0.1) is 26.2 Å². The third-order valence-electron chi connectivity index (χ3n) is 4.68. The van der Waals surface area contributed by atoms with Gasteiger partial charge in [-0.05, 0) is 35.6 Å². The van der Waals surface area contributed by atoms with Gasteiger partial charge in [-0.2, -0.15) is 4.98 Å². The van der Waals surface area contributed by atoms with Crippen molar-refractivity contribution in [2.24, 2.45) is 0 Å². The SMILES string of the molecule is COC(=O)CN(Cc1cc(OC)cc(OC)c1)C(=O)CCCc1nc(-c2cccs2)no1. The van der Waals surface area contributed by atoms with Gasteiger partial charge in [0.15, 0.2) is 0 Å². The van der Waals surface area contributed by atoms with E-state index in [0.29, 0.717) is 36.1 Å². The topological polar surface area (TPSA) is 104 Å². The third kappa shape index (κ3) is 6.30. The third-order valence-corrected chi connectivity index (χ3v) is 5.54. The molecule has 2 aromatic heterocycles. The number of nitrogens with zero attached hydrogens (tertiary/aromatic N) is 3. The first-order chi connectivity index (χ1) is 15.5. The van der Waals surface area contributed by atoms with Crippen molar-refractivity contribution in [3.63, 3.8) is 0 Å². The fraction of sp³-hybridized carbons (Fsp3) is 0.364. The molecule has 0 saturated carbocycles. The summed E-state index contributed by atoms with van der Waals surface area (Å²) in [4.78, 5) is 31.5. The Labute approximate surface area is 189 Å². The lowest BCUT2D eigenvalue weighted by atomic mass is 10.1. The van der Waals surface area contributed by atoms with Crippen LogP contribution >= 0.6 is 11.3 Å². The van der Waals surface area contributed by atoms with E-state index in [1.165, 1.54) is 23.3 Å². The van der Waals surface area contributed by atoms with E-state index >= 15 is 0 Å². The molecule has 1 aromatic carbocycles. The maximum atomic E-state index is 12.9. The summed E-state index contributed by atoms with van der Waals surface area (Å²) in [7, 11) is 4.40. The van der Waals surface area contributed by atoms with E-state index < -0.39 is 5.97 Å². The summed E-state index contributed by atoms with van der Waals surface area (Å²) in [6.07, 6.45) is 1.18. The molecular weight excluding hydrogens is 434 g/mol. The van der Waals surface area contributed by atoms with Crippen molar-refractivity contribution in [2.75, 3.05) is 27.9 Å². The van der Waals surface area contributed by atoms with Gasteiger partial charge in [0.25, 0.3) is 0 Å². The van der Waals surface area contributed by atoms with E-state index in [9.17, 15) is 9.59 Å². The molecule has 2 heterocycles. The Kier molecular flexibility index (Phi) is 8.20. The average Bonchev–Trinajstić information content (AvgIpc) is 3.50. The van der Waals surface area contributed by atoms with Crippen molar-refractivity contribution in [3.8, 4) is 22.2 Å². The molecule has 0 unspecified atom stereocenters. The van der Waals surface area contributed by atoms with Crippen molar-refractivity contribution in [2.45, 2.75) is 25.8 Å². The number of ether oxygens (including phenoxy) is 3. The molecular formula is C22H25N3O6S. The number of methoxy groups -OCH3 is 3. The molecule has 170 valence electrons. The summed E-state index contributed by atoms with van der Waals surface area (Å²) in [5, 5.41) is 5.92. The molecule has 1 amide bonds. The standard InChI is InChI=1S/C22H25N3O6S/c1-28-16-10-15(11-17(12-16)29-2)13-25(14-21(27)30-3)20(26)8-4-7-19-23-22(24-31-19)18-6-5-9-32-18/h5-6,9-12H,4,7-8,13-14H2,1-3H3. The number of carbonyl (C=O) groups is 2. The first-order valence-electron chi connectivity index (χ1n) is 9.95. The van der Waals surface area contributed by atoms with Crippen LogP contribution in [0.4, 0.5) is 0 Å². The summed E-state index contributed by atoms with van der Waals surface area (Å²) in [6.45, 7) is 0.0581. The number of amides is 1. The van der Waals surface area contributed by atoms with Crippen LogP contribution in [0.25, 0.3) is 10.7 Å². The van der Waals surface area contributed by atoms with Gasteiger partial charge in [0.2, 0.25) is 17.6 Å². The van der Waals surface area contributed by atoms with E-state index in [1.807, 2.05) is 17.5 Å². The number of aromatic nitrogens is 2. The number of hydrogen-bond acceptors (Lipinski definition) is 9. The van der Waals surface area contributed by atoms with Crippen LogP contribution in [0.2, 0.25) is 0 Å². The molecule has 0 saturated heterocycles. The highest BCUT2D eigenvalue weighted by Gasteiger charge is 2.19. The van der Waals surface area contributed by atoms with E-state index in [1.54, 1.807) is 32.4 Å². The molecule has 10 heteroatoms. The number of esters is 1. The fourth-order valence-corrected chi connectivity index (χ4v) is 3.69. The van der Waals surface area contributed by atoms with Gasteiger partial charge in [-0.1, -0.05) is 11.2 Å². The van der Waals surface area contributed by atoms with Crippen LogP contribution in [-0.4, -0.2) is 54.8 Å². The van der Waals surface area contributed by atoms with Gasteiger partial charge in [-0.15, -0.1) is 11.3 Å². The lowest BCUT2D eigenvalue weighted by Gasteiger charge is -2.22. The van der Waals surface area contributed by atoms with Crippen LogP contribution in [0.5, 0.6) is 11.5 Å². The average molecular weight is 460 g/mol. The van der Waals surface area contributed by atoms with Crippen molar-refractivity contribution in [1.29, 1.82) is 0 Å². The minimum atomic E-state index is -0.495. The van der Waals surface area contributed by atoms with Crippen molar-refractivity contribution in [1.82, 2.24) is 15.0 Å². The van der Waals surface area contributed by atoms with Crippen LogP contribution in [0.3, 0.4) is 0 Å². The molecule has 0 aliphatic heterocycles. The summed E-state index contributed by atoms with van der Waals surface area (Å²) in [6, 6.07) is 9.17. The zero-order valence-corrected chi connectivity index (χ0v) is 19.0. The quantitative estimate of drug-likeness (QED) is 0.402. The number of aryl methyl sites for hydroxylation is 1. The second-order valence-corrected chi connectivity index (χ2v) is 7.84. The molecule has 0 aliphatic carbocycles. The van der Waals surface area contributed by atoms with Crippen molar-refractivity contribution >= 4 is 23.2 Å². The maximum absolute atomic E-state index is 12.9. The first kappa shape index (κ1) is 23.3. The van der Waals surface area contributed by atoms with Gasteiger partial charge in [-0.25, -0.2) is 0 Å². The Balaban J connectivity index is 1.62. The molecule has 0 radical (unpaired) electrons. The van der Waals surface area contributed by atoms with Crippen LogP contribution < -0.4 is 9.47 Å². The summed E-state index contributed by atoms with van der Waals surface area (Å²) >= 11 is 1.53. The first-order valence-corrected chi connectivity index (χ1v) is 10.8. The van der Waals surface area contributed by atoms with Gasteiger partial charge >= 0.3 is 5.97 Å². The lowest BCUT2D eigenvalue weighted by molar-refractivity contribution is -0.147. The van der Waals surface area contributed by atoms with Crippen LogP contribution in [0.1, 0.15) is 24.3 Å². The molecule has 32 heavy (non-hydrogen) atoms. The number of thiophene rings is 1. The highest BCUT2D eigenvalue weighted by Crippen LogP contribution is 2.24. The Morgan fingerprint density at radius 3 is 2.50 bits per heavy atom. The fourth-order valence-electron chi connectivity index (χ4n) is 3.04. The zero-order valence-electron chi connectivity index (χ0n) is 18.2. The molecule has 0 spiro atoms. The second-order valence-electron chi connectivity index (χ2n) is 6.89. The minimum absolute atomic E-state index is 0.155. The Bertz CT molecular complexity index is 1010. The van der Waals surface area contributed by atoms with E-state index in [4.69, 9.17) is 18.7 Å². The number of rotatable bonds is 11. The number of carbonyl (C=O) groups excluding carboxylic acids is 2. The Morgan fingerprint density at radius 2 is 1.88 bits per heavy atom. The largest absolute Gasteiger partial charge is 0.497 e. The molecule has 0 fully saturated rings. The Hall–Kier alpha value is -3.40. The number of benzene rings is 1. The van der Waals surface area contributed by atoms with Gasteiger partial charge in [0, 0.05) is 25.5 Å². The monoisotopic (exact) mass is 459 g/mol. The molecule has 0 atom stereocenters. The predicted octanol–water partition coefficient (Wildman–Crippen LogP) is 3.34. The van der Waals surface area contributed by atoms with E-state index in [0.717, 1.165) is 10.4 Å². The number of hydrogen-bond donors (Lipinski definition) is 0. The summed E-state index contributed by atoms with van der Waals surface area (Å²) in [5.41, 5.74) is 0.774. The highest BCUT2D eigenvalue weighted by atomic mass is 32.1. The molecule has 3 rings (SSSR count). The molecule has 0 bridgehead atoms. The molecule has 3 aromatic rings. The van der Waals surface area contributed by atoms with Gasteiger partial charge in [-0.3, -0.25) is 9.59 Å². The maximum Gasteiger partial charge on any atom is 0.325 e. The van der Waals surface area contributed by atoms with Crippen LogP contribution in [0, 0.1) is 0 Å². The highest BCUT2D eigenvalue weighted by molar-refractivity contribution is 7.13. The predicted molar refractivity (Wildman–Crippen MR) is 118 cm³/mol. The molecule has 0 aliphatic rings.